The first-order chi connectivity index (χ1) is 13.5. The van der Waals surface area contributed by atoms with Crippen LogP contribution >= 0.6 is 12.4 Å². The lowest BCUT2D eigenvalue weighted by atomic mass is 9.94. The van der Waals surface area contributed by atoms with Gasteiger partial charge in [0.1, 0.15) is 5.82 Å². The zero-order valence-electron chi connectivity index (χ0n) is 16.5. The SMILES string of the molecule is CC(C(=O)N1CCN(C(=O)Cc2ccccc2F)CC1)C(N)c1ccccc1.Cl. The molecule has 1 saturated heterocycles. The Morgan fingerprint density at radius 1 is 0.966 bits per heavy atom. The van der Waals surface area contributed by atoms with Gasteiger partial charge in [-0.25, -0.2) is 4.39 Å². The number of carbonyl (C=O) groups excluding carboxylic acids is 2. The van der Waals surface area contributed by atoms with Crippen LogP contribution in [0.1, 0.15) is 24.1 Å². The molecule has 7 heteroatoms. The summed E-state index contributed by atoms with van der Waals surface area (Å²) in [5.41, 5.74) is 7.60. The van der Waals surface area contributed by atoms with Gasteiger partial charge in [-0.2, -0.15) is 0 Å². The molecule has 2 N–H and O–H groups in total. The van der Waals surface area contributed by atoms with Gasteiger partial charge in [-0.1, -0.05) is 55.5 Å². The Morgan fingerprint density at radius 3 is 2.14 bits per heavy atom. The number of nitrogens with two attached hydrogens (primary N) is 1. The maximum Gasteiger partial charge on any atom is 0.227 e. The second-order valence-electron chi connectivity index (χ2n) is 7.20. The molecule has 29 heavy (non-hydrogen) atoms. The van der Waals surface area contributed by atoms with Gasteiger partial charge in [0, 0.05) is 32.2 Å². The third-order valence-corrected chi connectivity index (χ3v) is 5.36. The topological polar surface area (TPSA) is 66.6 Å². The molecule has 1 heterocycles. The monoisotopic (exact) mass is 419 g/mol. The molecule has 2 atom stereocenters. The van der Waals surface area contributed by atoms with Gasteiger partial charge >= 0.3 is 0 Å². The molecule has 3 rings (SSSR count). The molecule has 2 amide bonds. The van der Waals surface area contributed by atoms with Crippen LogP contribution in [0, 0.1) is 11.7 Å². The molecule has 2 unspecified atom stereocenters. The minimum absolute atomic E-state index is 0. The zero-order valence-corrected chi connectivity index (χ0v) is 17.3. The van der Waals surface area contributed by atoms with E-state index >= 15 is 0 Å². The van der Waals surface area contributed by atoms with Crippen LogP contribution in [0.15, 0.2) is 54.6 Å². The van der Waals surface area contributed by atoms with Gasteiger partial charge < -0.3 is 15.5 Å². The van der Waals surface area contributed by atoms with E-state index < -0.39 is 0 Å². The molecular weight excluding hydrogens is 393 g/mol. The molecule has 0 radical (unpaired) electrons. The highest BCUT2D eigenvalue weighted by molar-refractivity contribution is 5.85. The Hall–Kier alpha value is -2.44. The molecule has 0 saturated carbocycles. The van der Waals surface area contributed by atoms with Crippen LogP contribution in [0.3, 0.4) is 0 Å². The van der Waals surface area contributed by atoms with E-state index in [1.165, 1.54) is 6.07 Å². The van der Waals surface area contributed by atoms with Crippen LogP contribution in [-0.2, 0) is 16.0 Å². The first kappa shape index (κ1) is 22.8. The number of rotatable bonds is 5. The van der Waals surface area contributed by atoms with E-state index in [-0.39, 0.29) is 48.4 Å². The zero-order chi connectivity index (χ0) is 20.1. The second-order valence-corrected chi connectivity index (χ2v) is 7.20. The van der Waals surface area contributed by atoms with Crippen LogP contribution in [0.25, 0.3) is 0 Å². The minimum atomic E-state index is -0.367. The molecule has 2 aromatic carbocycles. The minimum Gasteiger partial charge on any atom is -0.339 e. The first-order valence-corrected chi connectivity index (χ1v) is 9.58. The summed E-state index contributed by atoms with van der Waals surface area (Å²) in [6.07, 6.45) is 0.0376. The summed E-state index contributed by atoms with van der Waals surface area (Å²) < 4.78 is 13.8. The summed E-state index contributed by atoms with van der Waals surface area (Å²) in [5, 5.41) is 0. The van der Waals surface area contributed by atoms with E-state index in [0.717, 1.165) is 5.56 Å². The molecule has 0 spiro atoms. The lowest BCUT2D eigenvalue weighted by molar-refractivity contribution is -0.142. The molecule has 1 fully saturated rings. The summed E-state index contributed by atoms with van der Waals surface area (Å²) in [7, 11) is 0. The van der Waals surface area contributed by atoms with Crippen molar-refractivity contribution in [2.45, 2.75) is 19.4 Å². The first-order valence-electron chi connectivity index (χ1n) is 9.58. The van der Waals surface area contributed by atoms with Crippen molar-refractivity contribution in [1.29, 1.82) is 0 Å². The van der Waals surface area contributed by atoms with E-state index in [1.54, 1.807) is 28.0 Å². The number of benzene rings is 2. The molecular formula is C22H27ClFN3O2. The van der Waals surface area contributed by atoms with Crippen molar-refractivity contribution in [2.75, 3.05) is 26.2 Å². The molecule has 0 aliphatic carbocycles. The van der Waals surface area contributed by atoms with Gasteiger partial charge in [0.05, 0.1) is 12.3 Å². The quantitative estimate of drug-likeness (QED) is 0.810. The third kappa shape index (κ3) is 5.55. The van der Waals surface area contributed by atoms with Crippen molar-refractivity contribution in [2.24, 2.45) is 11.7 Å². The van der Waals surface area contributed by atoms with Crippen LogP contribution in [0.4, 0.5) is 4.39 Å². The highest BCUT2D eigenvalue weighted by Gasteiger charge is 2.30. The lowest BCUT2D eigenvalue weighted by Crippen LogP contribution is -2.52. The molecule has 2 aromatic rings. The molecule has 0 bridgehead atoms. The van der Waals surface area contributed by atoms with Crippen molar-refractivity contribution in [1.82, 2.24) is 9.80 Å². The Labute approximate surface area is 177 Å². The van der Waals surface area contributed by atoms with Gasteiger partial charge in [-0.05, 0) is 17.2 Å². The summed E-state index contributed by atoms with van der Waals surface area (Å²) >= 11 is 0. The number of hydrogen-bond donors (Lipinski definition) is 1. The normalized spacial score (nSPS) is 16.0. The molecule has 0 aromatic heterocycles. The van der Waals surface area contributed by atoms with Crippen molar-refractivity contribution in [3.8, 4) is 0 Å². The number of halogens is 2. The predicted octanol–water partition coefficient (Wildman–Crippen LogP) is 2.80. The average molecular weight is 420 g/mol. The van der Waals surface area contributed by atoms with Gasteiger partial charge in [0.15, 0.2) is 0 Å². The summed E-state index contributed by atoms with van der Waals surface area (Å²) in [6.45, 7) is 3.68. The Balaban J connectivity index is 0.00000300. The summed E-state index contributed by atoms with van der Waals surface area (Å²) in [4.78, 5) is 28.7. The van der Waals surface area contributed by atoms with E-state index in [0.29, 0.717) is 31.7 Å². The predicted molar refractivity (Wildman–Crippen MR) is 113 cm³/mol. The van der Waals surface area contributed by atoms with Crippen molar-refractivity contribution >= 4 is 24.2 Å². The van der Waals surface area contributed by atoms with Crippen LogP contribution in [0.5, 0.6) is 0 Å². The number of piperazine rings is 1. The largest absolute Gasteiger partial charge is 0.339 e. The van der Waals surface area contributed by atoms with Crippen molar-refractivity contribution in [3.63, 3.8) is 0 Å². The fraction of sp³-hybridized carbons (Fsp3) is 0.364. The number of carbonyl (C=O) groups is 2. The van der Waals surface area contributed by atoms with E-state index in [9.17, 15) is 14.0 Å². The van der Waals surface area contributed by atoms with Crippen molar-refractivity contribution in [3.05, 3.63) is 71.5 Å². The van der Waals surface area contributed by atoms with Gasteiger partial charge in [0.25, 0.3) is 0 Å². The third-order valence-electron chi connectivity index (χ3n) is 5.36. The smallest absolute Gasteiger partial charge is 0.227 e. The standard InChI is InChI=1S/C22H26FN3O2.ClH/c1-16(21(24)17-7-3-2-4-8-17)22(28)26-13-11-25(12-14-26)20(27)15-18-9-5-6-10-19(18)23;/h2-10,16,21H,11-15,24H2,1H3;1H. The summed E-state index contributed by atoms with van der Waals surface area (Å²) in [6, 6.07) is 15.5. The average Bonchev–Trinajstić information content (AvgIpc) is 2.74. The van der Waals surface area contributed by atoms with Gasteiger partial charge in [0.2, 0.25) is 11.8 Å². The Bertz CT molecular complexity index is 826. The number of hydrogen-bond acceptors (Lipinski definition) is 3. The molecule has 5 nitrogen and oxygen atoms in total. The van der Waals surface area contributed by atoms with E-state index in [2.05, 4.69) is 0 Å². The van der Waals surface area contributed by atoms with E-state index in [4.69, 9.17) is 5.73 Å². The lowest BCUT2D eigenvalue weighted by Gasteiger charge is -2.37. The van der Waals surface area contributed by atoms with Crippen LogP contribution < -0.4 is 5.73 Å². The highest BCUT2D eigenvalue weighted by Crippen LogP contribution is 2.22. The number of nitrogens with zero attached hydrogens (tertiary/aromatic N) is 2. The molecule has 1 aliphatic rings. The highest BCUT2D eigenvalue weighted by atomic mass is 35.5. The van der Waals surface area contributed by atoms with Gasteiger partial charge in [-0.3, -0.25) is 9.59 Å². The van der Waals surface area contributed by atoms with Crippen LogP contribution in [-0.4, -0.2) is 47.8 Å². The number of amides is 2. The van der Waals surface area contributed by atoms with Crippen LogP contribution in [0.2, 0.25) is 0 Å². The fourth-order valence-electron chi connectivity index (χ4n) is 3.50. The summed E-state index contributed by atoms with van der Waals surface area (Å²) in [5.74, 6) is -0.833. The van der Waals surface area contributed by atoms with Gasteiger partial charge in [-0.15, -0.1) is 12.4 Å². The van der Waals surface area contributed by atoms with Crippen molar-refractivity contribution < 1.29 is 14.0 Å². The molecule has 1 aliphatic heterocycles. The second kappa shape index (κ2) is 10.4. The molecule has 156 valence electrons. The Kier molecular flexibility index (Phi) is 8.17. The fourth-order valence-corrected chi connectivity index (χ4v) is 3.50. The Morgan fingerprint density at radius 2 is 1.52 bits per heavy atom. The van der Waals surface area contributed by atoms with E-state index in [1.807, 2.05) is 37.3 Å². The maximum absolute atomic E-state index is 13.8. The maximum atomic E-state index is 13.8.